The number of anilines is 1. The van der Waals surface area contributed by atoms with Crippen molar-refractivity contribution in [2.75, 3.05) is 11.1 Å². The zero-order chi connectivity index (χ0) is 15.3. The molecule has 22 heavy (non-hydrogen) atoms. The Morgan fingerprint density at radius 1 is 1.32 bits per heavy atom. The van der Waals surface area contributed by atoms with Gasteiger partial charge in [0.15, 0.2) is 9.84 Å². The van der Waals surface area contributed by atoms with Gasteiger partial charge < -0.3 is 5.32 Å². The minimum Gasteiger partial charge on any atom is -0.381 e. The predicted octanol–water partition coefficient (Wildman–Crippen LogP) is 2.40. The van der Waals surface area contributed by atoms with Gasteiger partial charge in [-0.25, -0.2) is 8.42 Å². The number of hydrogen-bond donors (Lipinski definition) is 1. The van der Waals surface area contributed by atoms with E-state index < -0.39 is 9.84 Å². The first-order chi connectivity index (χ1) is 10.6. The minimum absolute atomic E-state index is 0.140. The van der Waals surface area contributed by atoms with Crippen molar-refractivity contribution in [1.82, 2.24) is 4.98 Å². The number of aromatic nitrogens is 1. The fourth-order valence-electron chi connectivity index (χ4n) is 3.21. The van der Waals surface area contributed by atoms with Gasteiger partial charge >= 0.3 is 0 Å². The fourth-order valence-corrected chi connectivity index (χ4v) is 4.76. The van der Waals surface area contributed by atoms with Gasteiger partial charge in [-0.05, 0) is 43.4 Å². The summed E-state index contributed by atoms with van der Waals surface area (Å²) < 4.78 is 24.3. The van der Waals surface area contributed by atoms with Gasteiger partial charge in [0.05, 0.1) is 27.4 Å². The second kappa shape index (κ2) is 4.68. The summed E-state index contributed by atoms with van der Waals surface area (Å²) in [6.45, 7) is 0. The summed E-state index contributed by atoms with van der Waals surface area (Å²) in [5.41, 5.74) is 2.80. The molecule has 5 nitrogen and oxygen atoms in total. The molecule has 1 fully saturated rings. The van der Waals surface area contributed by atoms with E-state index in [1.54, 1.807) is 18.3 Å². The molecule has 0 spiro atoms. The summed E-state index contributed by atoms with van der Waals surface area (Å²) in [7, 11) is -3.19. The maximum atomic E-state index is 12.1. The molecule has 0 atom stereocenters. The lowest BCUT2D eigenvalue weighted by Crippen LogP contribution is -2.27. The summed E-state index contributed by atoms with van der Waals surface area (Å²) in [5, 5.41) is 13.6. The Kier molecular flexibility index (Phi) is 2.88. The van der Waals surface area contributed by atoms with E-state index in [1.807, 2.05) is 0 Å². The average molecular weight is 313 g/mol. The highest BCUT2D eigenvalue weighted by molar-refractivity contribution is 7.91. The lowest BCUT2D eigenvalue weighted by molar-refractivity contribution is 0.446. The van der Waals surface area contributed by atoms with E-state index in [-0.39, 0.29) is 5.75 Å². The van der Waals surface area contributed by atoms with Gasteiger partial charge in [0.25, 0.3) is 0 Å². The van der Waals surface area contributed by atoms with E-state index in [9.17, 15) is 13.7 Å². The number of nitrogens with one attached hydrogen (secondary N) is 1. The number of sulfone groups is 1. The molecule has 6 heteroatoms. The van der Waals surface area contributed by atoms with Crippen LogP contribution in [-0.4, -0.2) is 25.2 Å². The molecule has 2 aliphatic rings. The highest BCUT2D eigenvalue weighted by Gasteiger charge is 2.30. The molecule has 4 rings (SSSR count). The summed E-state index contributed by atoms with van der Waals surface area (Å²) >= 11 is 0. The SMILES string of the molecule is N#Cc1cnc2ccc3c(c2c1NC1CCC1)CCS3(=O)=O. The molecule has 0 bridgehead atoms. The number of pyridine rings is 1. The molecule has 0 radical (unpaired) electrons. The first kappa shape index (κ1) is 13.5. The van der Waals surface area contributed by atoms with Crippen LogP contribution in [0.25, 0.3) is 10.9 Å². The molecule has 0 unspecified atom stereocenters. The lowest BCUT2D eigenvalue weighted by atomic mass is 9.92. The van der Waals surface area contributed by atoms with Crippen LogP contribution in [0.3, 0.4) is 0 Å². The molecule has 0 saturated heterocycles. The van der Waals surface area contributed by atoms with Crippen LogP contribution in [0.4, 0.5) is 5.69 Å². The Balaban J connectivity index is 2.02. The van der Waals surface area contributed by atoms with E-state index >= 15 is 0 Å². The molecule has 1 aromatic carbocycles. The van der Waals surface area contributed by atoms with Crippen LogP contribution in [0.1, 0.15) is 30.4 Å². The van der Waals surface area contributed by atoms with E-state index in [2.05, 4.69) is 16.4 Å². The van der Waals surface area contributed by atoms with Gasteiger partial charge in [0, 0.05) is 17.6 Å². The van der Waals surface area contributed by atoms with Gasteiger partial charge in [-0.2, -0.15) is 5.26 Å². The molecular weight excluding hydrogens is 298 g/mol. The number of nitrogens with zero attached hydrogens (tertiary/aromatic N) is 2. The van der Waals surface area contributed by atoms with Crippen molar-refractivity contribution < 1.29 is 8.42 Å². The van der Waals surface area contributed by atoms with Crippen LogP contribution in [0.15, 0.2) is 23.2 Å². The third kappa shape index (κ3) is 1.89. The third-order valence-electron chi connectivity index (χ3n) is 4.63. The van der Waals surface area contributed by atoms with Crippen molar-refractivity contribution in [3.8, 4) is 6.07 Å². The number of rotatable bonds is 2. The molecule has 1 N–H and O–H groups in total. The van der Waals surface area contributed by atoms with E-state index in [0.29, 0.717) is 22.9 Å². The fraction of sp³-hybridized carbons (Fsp3) is 0.375. The van der Waals surface area contributed by atoms with E-state index in [1.165, 1.54) is 6.42 Å². The van der Waals surface area contributed by atoms with Crippen molar-refractivity contribution in [3.63, 3.8) is 0 Å². The van der Waals surface area contributed by atoms with Crippen molar-refractivity contribution in [3.05, 3.63) is 29.5 Å². The van der Waals surface area contributed by atoms with Crippen LogP contribution in [0.5, 0.6) is 0 Å². The Morgan fingerprint density at radius 3 is 2.82 bits per heavy atom. The van der Waals surface area contributed by atoms with Crippen molar-refractivity contribution in [1.29, 1.82) is 5.26 Å². The lowest BCUT2D eigenvalue weighted by Gasteiger charge is -2.28. The molecule has 2 heterocycles. The molecule has 1 aromatic heterocycles. The van der Waals surface area contributed by atoms with Crippen LogP contribution >= 0.6 is 0 Å². The minimum atomic E-state index is -3.19. The second-order valence-electron chi connectivity index (χ2n) is 5.94. The van der Waals surface area contributed by atoms with Gasteiger partial charge in [-0.15, -0.1) is 0 Å². The van der Waals surface area contributed by atoms with Gasteiger partial charge in [-0.3, -0.25) is 4.98 Å². The van der Waals surface area contributed by atoms with Crippen LogP contribution in [0, 0.1) is 11.3 Å². The highest BCUT2D eigenvalue weighted by Crippen LogP contribution is 2.38. The van der Waals surface area contributed by atoms with Crippen LogP contribution in [-0.2, 0) is 16.3 Å². The monoisotopic (exact) mass is 313 g/mol. The maximum absolute atomic E-state index is 12.1. The first-order valence-electron chi connectivity index (χ1n) is 7.44. The Bertz CT molecular complexity index is 925. The number of aryl methyl sites for hydroxylation is 1. The second-order valence-corrected chi connectivity index (χ2v) is 8.01. The average Bonchev–Trinajstić information content (AvgIpc) is 2.78. The molecule has 1 aliphatic heterocycles. The normalized spacial score (nSPS) is 19.4. The Morgan fingerprint density at radius 2 is 2.14 bits per heavy atom. The van der Waals surface area contributed by atoms with Gasteiger partial charge in [-0.1, -0.05) is 0 Å². The molecular formula is C16H15N3O2S. The van der Waals surface area contributed by atoms with Crippen molar-refractivity contribution >= 4 is 26.4 Å². The number of benzene rings is 1. The molecule has 1 aliphatic carbocycles. The third-order valence-corrected chi connectivity index (χ3v) is 6.42. The van der Waals surface area contributed by atoms with E-state index in [4.69, 9.17) is 0 Å². The summed E-state index contributed by atoms with van der Waals surface area (Å²) in [6, 6.07) is 5.93. The molecule has 1 saturated carbocycles. The summed E-state index contributed by atoms with van der Waals surface area (Å²) in [6.07, 6.45) is 5.42. The molecule has 112 valence electrons. The van der Waals surface area contributed by atoms with E-state index in [0.717, 1.165) is 35.0 Å². The first-order valence-corrected chi connectivity index (χ1v) is 9.09. The zero-order valence-corrected chi connectivity index (χ0v) is 12.8. The maximum Gasteiger partial charge on any atom is 0.179 e. The zero-order valence-electron chi connectivity index (χ0n) is 12.0. The Hall–Kier alpha value is -2.13. The quantitative estimate of drug-likeness (QED) is 0.920. The summed E-state index contributed by atoms with van der Waals surface area (Å²) in [5.74, 6) is 0.140. The van der Waals surface area contributed by atoms with Gasteiger partial charge in [0.2, 0.25) is 0 Å². The number of fused-ring (bicyclic) bond motifs is 3. The highest BCUT2D eigenvalue weighted by atomic mass is 32.2. The molecule has 2 aromatic rings. The van der Waals surface area contributed by atoms with Crippen molar-refractivity contribution in [2.24, 2.45) is 0 Å². The van der Waals surface area contributed by atoms with Crippen LogP contribution in [0.2, 0.25) is 0 Å². The summed E-state index contributed by atoms with van der Waals surface area (Å²) in [4.78, 5) is 4.73. The van der Waals surface area contributed by atoms with Crippen molar-refractivity contribution in [2.45, 2.75) is 36.6 Å². The van der Waals surface area contributed by atoms with Crippen LogP contribution < -0.4 is 5.32 Å². The molecule has 0 amide bonds. The van der Waals surface area contributed by atoms with Gasteiger partial charge in [0.1, 0.15) is 6.07 Å². The Labute approximate surface area is 128 Å². The number of nitriles is 1. The number of hydrogen-bond acceptors (Lipinski definition) is 5. The predicted molar refractivity (Wildman–Crippen MR) is 83.5 cm³/mol. The standard InChI is InChI=1S/C16H15N3O2S/c17-8-10-9-18-13-4-5-14-12(6-7-22(14,20)21)15(13)16(10)19-11-2-1-3-11/h4-5,9,11H,1-3,6-7H2,(H,18,19). The largest absolute Gasteiger partial charge is 0.381 e. The topological polar surface area (TPSA) is 82.8 Å². The smallest absolute Gasteiger partial charge is 0.179 e.